The zero-order valence-electron chi connectivity index (χ0n) is 14.8. The third-order valence-electron chi connectivity index (χ3n) is 3.60. The van der Waals surface area contributed by atoms with Crippen LogP contribution in [-0.4, -0.2) is 17.3 Å². The molecule has 2 aromatic rings. The van der Waals surface area contributed by atoms with Crippen molar-refractivity contribution in [2.24, 2.45) is 0 Å². The minimum Gasteiger partial charge on any atom is -0.295 e. The van der Waals surface area contributed by atoms with E-state index < -0.39 is 0 Å². The molecule has 126 valence electrons. The second-order valence-corrected chi connectivity index (χ2v) is 5.62. The van der Waals surface area contributed by atoms with Crippen molar-refractivity contribution < 1.29 is 14.4 Å². The fraction of sp³-hybridized carbons (Fsp3) is 0.286. The van der Waals surface area contributed by atoms with Crippen LogP contribution in [0.4, 0.5) is 0 Å². The van der Waals surface area contributed by atoms with E-state index in [1.807, 2.05) is 24.3 Å². The molecule has 0 fully saturated rings. The molecule has 0 aromatic heterocycles. The Balaban J connectivity index is 0.000000240. The summed E-state index contributed by atoms with van der Waals surface area (Å²) >= 11 is 0. The van der Waals surface area contributed by atoms with E-state index >= 15 is 0 Å². The maximum atomic E-state index is 11.1. The zero-order valence-corrected chi connectivity index (χ0v) is 14.8. The normalized spacial score (nSPS) is 9.67. The van der Waals surface area contributed by atoms with E-state index in [0.29, 0.717) is 11.1 Å². The predicted molar refractivity (Wildman–Crippen MR) is 96.9 cm³/mol. The van der Waals surface area contributed by atoms with Crippen molar-refractivity contribution in [2.75, 3.05) is 0 Å². The van der Waals surface area contributed by atoms with E-state index in [9.17, 15) is 14.4 Å². The van der Waals surface area contributed by atoms with Gasteiger partial charge in [0, 0.05) is 16.7 Å². The highest BCUT2D eigenvalue weighted by molar-refractivity contribution is 6.07. The molecule has 2 rings (SSSR count). The molecule has 0 spiro atoms. The van der Waals surface area contributed by atoms with Gasteiger partial charge in [0.15, 0.2) is 17.3 Å². The molecule has 0 saturated carbocycles. The minimum absolute atomic E-state index is 0.0687. The predicted octanol–water partition coefficient (Wildman–Crippen LogP) is 4.93. The number of Topliss-reactive ketones (excluding diaryl/α,β-unsaturated/α-hetero) is 3. The minimum atomic E-state index is -0.0687. The molecule has 0 aliphatic rings. The van der Waals surface area contributed by atoms with Gasteiger partial charge in [0.25, 0.3) is 0 Å². The highest BCUT2D eigenvalue weighted by atomic mass is 16.1. The maximum Gasteiger partial charge on any atom is 0.160 e. The molecule has 0 aliphatic heterocycles. The molecular weight excluding hydrogens is 300 g/mol. The smallest absolute Gasteiger partial charge is 0.160 e. The summed E-state index contributed by atoms with van der Waals surface area (Å²) in [4.78, 5) is 33.2. The molecule has 24 heavy (non-hydrogen) atoms. The summed E-state index contributed by atoms with van der Waals surface area (Å²) in [5.41, 5.74) is 3.06. The Labute approximate surface area is 143 Å². The van der Waals surface area contributed by atoms with Gasteiger partial charge in [0.05, 0.1) is 0 Å². The van der Waals surface area contributed by atoms with Crippen LogP contribution in [0, 0.1) is 0 Å². The zero-order chi connectivity index (χ0) is 18.1. The topological polar surface area (TPSA) is 51.2 Å². The van der Waals surface area contributed by atoms with Gasteiger partial charge in [0.2, 0.25) is 0 Å². The Morgan fingerprint density at radius 2 is 1.04 bits per heavy atom. The van der Waals surface area contributed by atoms with Crippen LogP contribution in [0.2, 0.25) is 0 Å². The van der Waals surface area contributed by atoms with Gasteiger partial charge < -0.3 is 0 Å². The van der Waals surface area contributed by atoms with Gasteiger partial charge in [-0.15, -0.1) is 0 Å². The average molecular weight is 324 g/mol. The first-order chi connectivity index (χ1) is 11.4. The first-order valence-electron chi connectivity index (χ1n) is 8.08. The second kappa shape index (κ2) is 9.56. The fourth-order valence-electron chi connectivity index (χ4n) is 2.45. The van der Waals surface area contributed by atoms with Crippen molar-refractivity contribution in [3.05, 3.63) is 70.8 Å². The number of benzene rings is 2. The van der Waals surface area contributed by atoms with Crippen LogP contribution >= 0.6 is 0 Å². The Kier molecular flexibility index (Phi) is 7.76. The van der Waals surface area contributed by atoms with Crippen molar-refractivity contribution in [1.82, 2.24) is 0 Å². The first-order valence-corrected chi connectivity index (χ1v) is 8.08. The monoisotopic (exact) mass is 324 g/mol. The van der Waals surface area contributed by atoms with Crippen LogP contribution < -0.4 is 0 Å². The molecule has 0 heterocycles. The SMILES string of the molecule is CC(=O)c1ccccc1C(C)=O.CCCc1ccccc1C(C)=O. The quantitative estimate of drug-likeness (QED) is 0.732. The largest absolute Gasteiger partial charge is 0.295 e. The lowest BCUT2D eigenvalue weighted by Gasteiger charge is -2.03. The summed E-state index contributed by atoms with van der Waals surface area (Å²) in [6.07, 6.45) is 2.08. The Bertz CT molecular complexity index is 696. The molecule has 0 bridgehead atoms. The molecule has 2 aromatic carbocycles. The lowest BCUT2D eigenvalue weighted by Crippen LogP contribution is -2.02. The second-order valence-electron chi connectivity index (χ2n) is 5.62. The number of hydrogen-bond donors (Lipinski definition) is 0. The third-order valence-corrected chi connectivity index (χ3v) is 3.60. The van der Waals surface area contributed by atoms with Crippen molar-refractivity contribution in [2.45, 2.75) is 40.5 Å². The van der Waals surface area contributed by atoms with Crippen LogP contribution in [0.15, 0.2) is 48.5 Å². The standard InChI is InChI=1S/C11H14O.C10H10O2/c1-3-6-10-7-4-5-8-11(10)9(2)12;1-7(11)9-5-3-4-6-10(9)8(2)12/h4-5,7-8H,3,6H2,1-2H3;3-6H,1-2H3. The van der Waals surface area contributed by atoms with Crippen LogP contribution in [0.1, 0.15) is 70.8 Å². The van der Waals surface area contributed by atoms with Crippen LogP contribution in [-0.2, 0) is 6.42 Å². The maximum absolute atomic E-state index is 11.1. The van der Waals surface area contributed by atoms with Crippen molar-refractivity contribution in [3.63, 3.8) is 0 Å². The van der Waals surface area contributed by atoms with E-state index in [1.54, 1.807) is 31.2 Å². The van der Waals surface area contributed by atoms with Crippen LogP contribution in [0.3, 0.4) is 0 Å². The van der Waals surface area contributed by atoms with E-state index in [4.69, 9.17) is 0 Å². The molecule has 3 nitrogen and oxygen atoms in total. The molecule has 0 saturated heterocycles. The van der Waals surface area contributed by atoms with E-state index in [0.717, 1.165) is 18.4 Å². The third kappa shape index (κ3) is 5.58. The summed E-state index contributed by atoms with van der Waals surface area (Å²) in [6, 6.07) is 14.7. The first kappa shape index (κ1) is 19.5. The Morgan fingerprint density at radius 3 is 1.42 bits per heavy atom. The van der Waals surface area contributed by atoms with Gasteiger partial charge in [-0.2, -0.15) is 0 Å². The van der Waals surface area contributed by atoms with Crippen molar-refractivity contribution in [1.29, 1.82) is 0 Å². The van der Waals surface area contributed by atoms with Crippen LogP contribution in [0.25, 0.3) is 0 Å². The van der Waals surface area contributed by atoms with Gasteiger partial charge in [-0.05, 0) is 32.8 Å². The summed E-state index contributed by atoms with van der Waals surface area (Å²) in [5.74, 6) is 0.0284. The fourth-order valence-corrected chi connectivity index (χ4v) is 2.45. The molecular formula is C21H24O3. The number of hydrogen-bond acceptors (Lipinski definition) is 3. The molecule has 0 radical (unpaired) electrons. The molecule has 3 heteroatoms. The lowest BCUT2D eigenvalue weighted by molar-refractivity contribution is 0.0981. The summed E-state index contributed by atoms with van der Waals surface area (Å²) in [6.45, 7) is 6.66. The number of carbonyl (C=O) groups is 3. The van der Waals surface area contributed by atoms with Gasteiger partial charge in [0.1, 0.15) is 0 Å². The van der Waals surface area contributed by atoms with E-state index in [1.165, 1.54) is 19.4 Å². The summed E-state index contributed by atoms with van der Waals surface area (Å²) in [7, 11) is 0. The van der Waals surface area contributed by atoms with E-state index in [-0.39, 0.29) is 17.3 Å². The van der Waals surface area contributed by atoms with Crippen LogP contribution in [0.5, 0.6) is 0 Å². The Morgan fingerprint density at radius 1 is 0.667 bits per heavy atom. The number of rotatable bonds is 5. The lowest BCUT2D eigenvalue weighted by atomic mass is 10.0. The van der Waals surface area contributed by atoms with Crippen molar-refractivity contribution >= 4 is 17.3 Å². The molecule has 0 unspecified atom stereocenters. The van der Waals surface area contributed by atoms with Gasteiger partial charge in [-0.3, -0.25) is 14.4 Å². The van der Waals surface area contributed by atoms with E-state index in [2.05, 4.69) is 6.92 Å². The number of carbonyl (C=O) groups excluding carboxylic acids is 3. The van der Waals surface area contributed by atoms with Gasteiger partial charge in [-0.1, -0.05) is 61.9 Å². The van der Waals surface area contributed by atoms with Gasteiger partial charge >= 0.3 is 0 Å². The summed E-state index contributed by atoms with van der Waals surface area (Å²) in [5, 5.41) is 0. The average Bonchev–Trinajstić information content (AvgIpc) is 2.56. The molecule has 0 amide bonds. The van der Waals surface area contributed by atoms with Gasteiger partial charge in [-0.25, -0.2) is 0 Å². The number of aryl methyl sites for hydroxylation is 1. The molecule has 0 aliphatic carbocycles. The molecule has 0 atom stereocenters. The van der Waals surface area contributed by atoms with Crippen molar-refractivity contribution in [3.8, 4) is 0 Å². The summed E-state index contributed by atoms with van der Waals surface area (Å²) < 4.78 is 0. The Hall–Kier alpha value is -2.55. The highest BCUT2D eigenvalue weighted by Crippen LogP contribution is 2.11. The number of ketones is 3. The molecule has 0 N–H and O–H groups in total. The highest BCUT2D eigenvalue weighted by Gasteiger charge is 2.08.